The fraction of sp³-hybridized carbons (Fsp3) is 0.133. The lowest BCUT2D eigenvalue weighted by atomic mass is 10.3. The van der Waals surface area contributed by atoms with Crippen molar-refractivity contribution >= 4 is 32.8 Å². The van der Waals surface area contributed by atoms with E-state index in [-0.39, 0.29) is 22.7 Å². The quantitative estimate of drug-likeness (QED) is 0.465. The van der Waals surface area contributed by atoms with Crippen molar-refractivity contribution in [2.75, 3.05) is 16.8 Å². The van der Waals surface area contributed by atoms with E-state index < -0.39 is 26.4 Å². The van der Waals surface area contributed by atoms with Crippen LogP contribution in [0, 0.1) is 10.1 Å². The Hall–Kier alpha value is -2.94. The van der Waals surface area contributed by atoms with Crippen molar-refractivity contribution in [2.24, 2.45) is 0 Å². The molecule has 2 aromatic rings. The fourth-order valence-corrected chi connectivity index (χ4v) is 3.39. The second kappa shape index (κ2) is 7.09. The van der Waals surface area contributed by atoms with Crippen LogP contribution in [0.1, 0.15) is 6.42 Å². The third-order valence-corrected chi connectivity index (χ3v) is 4.96. The number of anilines is 2. The molecule has 0 aliphatic heterocycles. The van der Waals surface area contributed by atoms with Gasteiger partial charge in [0.1, 0.15) is 0 Å². The van der Waals surface area contributed by atoms with Gasteiger partial charge >= 0.3 is 0 Å². The van der Waals surface area contributed by atoms with Crippen molar-refractivity contribution in [3.05, 3.63) is 58.6 Å². The van der Waals surface area contributed by atoms with Crippen LogP contribution < -0.4 is 11.1 Å². The molecule has 0 saturated carbocycles. The number of para-hydroxylation sites is 1. The van der Waals surface area contributed by atoms with Crippen LogP contribution in [0.15, 0.2) is 53.4 Å². The summed E-state index contributed by atoms with van der Waals surface area (Å²) in [5.41, 5.74) is 5.68. The highest BCUT2D eigenvalue weighted by Gasteiger charge is 2.22. The van der Waals surface area contributed by atoms with E-state index in [1.54, 1.807) is 30.3 Å². The smallest absolute Gasteiger partial charge is 0.270 e. The van der Waals surface area contributed by atoms with E-state index in [0.29, 0.717) is 5.69 Å². The molecule has 2 aromatic carbocycles. The van der Waals surface area contributed by atoms with Gasteiger partial charge in [-0.1, -0.05) is 18.2 Å². The summed E-state index contributed by atoms with van der Waals surface area (Å²) in [7, 11) is -3.92. The molecular weight excluding hydrogens is 334 g/mol. The van der Waals surface area contributed by atoms with Gasteiger partial charge in [0.2, 0.25) is 5.91 Å². The highest BCUT2D eigenvalue weighted by atomic mass is 32.2. The number of non-ortho nitro benzene ring substituents is 1. The molecule has 0 fully saturated rings. The molecule has 9 heteroatoms. The van der Waals surface area contributed by atoms with E-state index in [0.717, 1.165) is 18.2 Å². The van der Waals surface area contributed by atoms with Gasteiger partial charge in [-0.2, -0.15) is 0 Å². The molecule has 1 amide bonds. The zero-order chi connectivity index (χ0) is 17.7. The first kappa shape index (κ1) is 17.4. The summed E-state index contributed by atoms with van der Waals surface area (Å²) in [5.74, 6) is -0.981. The highest BCUT2D eigenvalue weighted by Crippen LogP contribution is 2.25. The van der Waals surface area contributed by atoms with Gasteiger partial charge in [0.25, 0.3) is 5.69 Å². The number of sulfone groups is 1. The van der Waals surface area contributed by atoms with Crippen molar-refractivity contribution in [1.29, 1.82) is 0 Å². The number of nitro benzene ring substituents is 1. The van der Waals surface area contributed by atoms with Crippen molar-refractivity contribution in [2.45, 2.75) is 11.3 Å². The number of nitro groups is 1. The lowest BCUT2D eigenvalue weighted by Crippen LogP contribution is -2.18. The molecule has 0 radical (unpaired) electrons. The number of rotatable bonds is 6. The summed E-state index contributed by atoms with van der Waals surface area (Å²) < 4.78 is 24.6. The second-order valence-corrected chi connectivity index (χ2v) is 7.04. The Morgan fingerprint density at radius 3 is 2.46 bits per heavy atom. The highest BCUT2D eigenvalue weighted by molar-refractivity contribution is 7.91. The lowest BCUT2D eigenvalue weighted by molar-refractivity contribution is -0.385. The summed E-state index contributed by atoms with van der Waals surface area (Å²) in [6.07, 6.45) is -0.292. The van der Waals surface area contributed by atoms with Gasteiger partial charge in [0.05, 0.1) is 21.3 Å². The average molecular weight is 349 g/mol. The summed E-state index contributed by atoms with van der Waals surface area (Å²) >= 11 is 0. The van der Waals surface area contributed by atoms with Crippen molar-refractivity contribution in [3.8, 4) is 0 Å². The van der Waals surface area contributed by atoms with Crippen molar-refractivity contribution in [1.82, 2.24) is 0 Å². The van der Waals surface area contributed by atoms with E-state index in [4.69, 9.17) is 5.73 Å². The van der Waals surface area contributed by atoms with Crippen LogP contribution in [0.5, 0.6) is 0 Å². The zero-order valence-corrected chi connectivity index (χ0v) is 13.3. The van der Waals surface area contributed by atoms with Crippen LogP contribution in [0.25, 0.3) is 0 Å². The Morgan fingerprint density at radius 1 is 1.17 bits per heavy atom. The van der Waals surface area contributed by atoms with Crippen LogP contribution >= 0.6 is 0 Å². The number of amides is 1. The van der Waals surface area contributed by atoms with Crippen LogP contribution in [-0.4, -0.2) is 25.0 Å². The molecule has 0 aliphatic carbocycles. The Labute approximate surface area is 138 Å². The number of carbonyl (C=O) groups is 1. The maximum Gasteiger partial charge on any atom is 0.270 e. The number of nitrogens with one attached hydrogen (secondary N) is 1. The minimum absolute atomic E-state index is 0.0935. The molecule has 0 aliphatic rings. The van der Waals surface area contributed by atoms with Crippen LogP contribution in [-0.2, 0) is 14.6 Å². The molecule has 24 heavy (non-hydrogen) atoms. The number of nitrogens with zero attached hydrogens (tertiary/aromatic N) is 1. The molecular formula is C15H15N3O5S. The first-order valence-corrected chi connectivity index (χ1v) is 8.56. The van der Waals surface area contributed by atoms with Gasteiger partial charge in [-0.25, -0.2) is 8.42 Å². The number of nitrogens with two attached hydrogens (primary N) is 1. The Balaban J connectivity index is 2.10. The number of nitrogen functional groups attached to an aromatic ring is 1. The predicted molar refractivity (Wildman–Crippen MR) is 89.3 cm³/mol. The van der Waals surface area contributed by atoms with Gasteiger partial charge in [-0.05, 0) is 18.2 Å². The lowest BCUT2D eigenvalue weighted by Gasteiger charge is -2.08. The van der Waals surface area contributed by atoms with Crippen LogP contribution in [0.4, 0.5) is 17.1 Å². The minimum atomic E-state index is -3.92. The van der Waals surface area contributed by atoms with Gasteiger partial charge in [-0.15, -0.1) is 0 Å². The number of benzene rings is 2. The molecule has 0 aromatic heterocycles. The minimum Gasteiger partial charge on any atom is -0.398 e. The first-order valence-electron chi connectivity index (χ1n) is 6.91. The molecule has 3 N–H and O–H groups in total. The number of hydrogen-bond donors (Lipinski definition) is 2. The summed E-state index contributed by atoms with van der Waals surface area (Å²) in [6, 6.07) is 11.8. The van der Waals surface area contributed by atoms with Crippen molar-refractivity contribution in [3.63, 3.8) is 0 Å². The van der Waals surface area contributed by atoms with E-state index in [9.17, 15) is 23.3 Å². The molecule has 0 atom stereocenters. The largest absolute Gasteiger partial charge is 0.398 e. The monoisotopic (exact) mass is 349 g/mol. The maximum absolute atomic E-state index is 12.3. The summed E-state index contributed by atoms with van der Waals surface area (Å²) in [6.45, 7) is 0. The molecule has 0 saturated heterocycles. The SMILES string of the molecule is Nc1ccc([N+](=O)[O-])cc1S(=O)(=O)CCC(=O)Nc1ccccc1. The second-order valence-electron chi connectivity index (χ2n) is 4.96. The Morgan fingerprint density at radius 2 is 1.83 bits per heavy atom. The van der Waals surface area contributed by atoms with Gasteiger partial charge in [0, 0.05) is 24.2 Å². The third-order valence-electron chi connectivity index (χ3n) is 3.20. The van der Waals surface area contributed by atoms with Gasteiger partial charge in [0.15, 0.2) is 9.84 Å². The predicted octanol–water partition coefficient (Wildman–Crippen LogP) is 1.98. The molecule has 0 unspecified atom stereocenters. The zero-order valence-electron chi connectivity index (χ0n) is 12.5. The van der Waals surface area contributed by atoms with Crippen molar-refractivity contribution < 1.29 is 18.1 Å². The number of hydrogen-bond acceptors (Lipinski definition) is 6. The molecule has 2 rings (SSSR count). The molecule has 0 spiro atoms. The van der Waals surface area contributed by atoms with E-state index >= 15 is 0 Å². The first-order chi connectivity index (χ1) is 11.3. The third kappa shape index (κ3) is 4.29. The Bertz CT molecular complexity index is 866. The maximum atomic E-state index is 12.3. The topological polar surface area (TPSA) is 132 Å². The number of carbonyl (C=O) groups excluding carboxylic acids is 1. The molecule has 0 heterocycles. The molecule has 126 valence electrons. The van der Waals surface area contributed by atoms with Gasteiger partial charge < -0.3 is 11.1 Å². The van der Waals surface area contributed by atoms with Gasteiger partial charge in [-0.3, -0.25) is 14.9 Å². The van der Waals surface area contributed by atoms with Crippen LogP contribution in [0.3, 0.4) is 0 Å². The van der Waals surface area contributed by atoms with Crippen LogP contribution in [0.2, 0.25) is 0 Å². The fourth-order valence-electron chi connectivity index (χ4n) is 1.99. The normalized spacial score (nSPS) is 11.0. The Kier molecular flexibility index (Phi) is 5.14. The molecule has 0 bridgehead atoms. The van der Waals surface area contributed by atoms with E-state index in [1.807, 2.05) is 0 Å². The van der Waals surface area contributed by atoms with E-state index in [1.165, 1.54) is 0 Å². The summed E-state index contributed by atoms with van der Waals surface area (Å²) in [5, 5.41) is 13.3. The standard InChI is InChI=1S/C15H15N3O5S/c16-13-7-6-12(18(20)21)10-14(13)24(22,23)9-8-15(19)17-11-4-2-1-3-5-11/h1-7,10H,8-9,16H2,(H,17,19). The molecule has 8 nitrogen and oxygen atoms in total. The average Bonchev–Trinajstić information content (AvgIpc) is 2.54. The van der Waals surface area contributed by atoms with E-state index in [2.05, 4.69) is 5.32 Å². The summed E-state index contributed by atoms with van der Waals surface area (Å²) in [4.78, 5) is 21.6.